The molecule has 1 fully saturated rings. The van der Waals surface area contributed by atoms with Gasteiger partial charge < -0.3 is 4.74 Å². The van der Waals surface area contributed by atoms with Crippen molar-refractivity contribution in [2.24, 2.45) is 5.92 Å². The molecule has 1 aliphatic carbocycles. The van der Waals surface area contributed by atoms with E-state index in [0.29, 0.717) is 6.04 Å². The van der Waals surface area contributed by atoms with E-state index in [4.69, 9.17) is 4.74 Å². The highest BCUT2D eigenvalue weighted by Gasteiger charge is 2.22. The minimum atomic E-state index is 0.715. The van der Waals surface area contributed by atoms with E-state index in [1.807, 2.05) is 12.1 Å². The van der Waals surface area contributed by atoms with E-state index in [9.17, 15) is 0 Å². The molecule has 1 aromatic rings. The van der Waals surface area contributed by atoms with Crippen LogP contribution in [0.3, 0.4) is 0 Å². The fourth-order valence-electron chi connectivity index (χ4n) is 3.07. The Bertz CT molecular complexity index is 421. The van der Waals surface area contributed by atoms with Crippen LogP contribution < -0.4 is 4.74 Å². The number of methoxy groups -OCH3 is 1. The molecule has 1 saturated carbocycles. The van der Waals surface area contributed by atoms with Crippen molar-refractivity contribution >= 4 is 15.9 Å². The predicted molar refractivity (Wildman–Crippen MR) is 83.6 cm³/mol. The van der Waals surface area contributed by atoms with Gasteiger partial charge in [0.05, 0.1) is 7.11 Å². The topological polar surface area (TPSA) is 12.5 Å². The average molecular weight is 326 g/mol. The third-order valence-corrected chi connectivity index (χ3v) is 4.69. The van der Waals surface area contributed by atoms with Crippen LogP contribution in [0.2, 0.25) is 0 Å². The third kappa shape index (κ3) is 3.96. The molecule has 3 heteroatoms. The van der Waals surface area contributed by atoms with Gasteiger partial charge in [0.25, 0.3) is 0 Å². The first-order valence-electron chi connectivity index (χ1n) is 7.12. The molecular formula is C16H24BrNO. The molecule has 2 unspecified atom stereocenters. The lowest BCUT2D eigenvalue weighted by Crippen LogP contribution is -2.35. The second-order valence-electron chi connectivity index (χ2n) is 5.80. The van der Waals surface area contributed by atoms with E-state index in [1.54, 1.807) is 7.11 Å². The molecule has 0 bridgehead atoms. The summed E-state index contributed by atoms with van der Waals surface area (Å²) in [5.74, 6) is 1.85. The number of ether oxygens (including phenoxy) is 1. The van der Waals surface area contributed by atoms with Crippen molar-refractivity contribution in [1.29, 1.82) is 0 Å². The van der Waals surface area contributed by atoms with Gasteiger partial charge in [-0.15, -0.1) is 0 Å². The molecule has 1 aliphatic rings. The van der Waals surface area contributed by atoms with Gasteiger partial charge in [-0.25, -0.2) is 0 Å². The molecule has 2 atom stereocenters. The van der Waals surface area contributed by atoms with Gasteiger partial charge >= 0.3 is 0 Å². The van der Waals surface area contributed by atoms with E-state index in [0.717, 1.165) is 22.7 Å². The molecule has 0 N–H and O–H groups in total. The summed E-state index contributed by atoms with van der Waals surface area (Å²) in [5.41, 5.74) is 1.26. The SMILES string of the molecule is COc1ccc(Br)cc1CN(C)C1CCCC(C)C1. The Balaban J connectivity index is 2.05. The monoisotopic (exact) mass is 325 g/mol. The molecule has 0 saturated heterocycles. The normalized spacial score (nSPS) is 23.6. The molecular weight excluding hydrogens is 302 g/mol. The second-order valence-corrected chi connectivity index (χ2v) is 6.71. The molecule has 0 spiro atoms. The van der Waals surface area contributed by atoms with Crippen molar-refractivity contribution in [3.63, 3.8) is 0 Å². The number of hydrogen-bond donors (Lipinski definition) is 0. The lowest BCUT2D eigenvalue weighted by Gasteiger charge is -2.34. The summed E-state index contributed by atoms with van der Waals surface area (Å²) in [7, 11) is 3.98. The molecule has 2 nitrogen and oxygen atoms in total. The van der Waals surface area contributed by atoms with Crippen LogP contribution in [0.1, 0.15) is 38.2 Å². The van der Waals surface area contributed by atoms with E-state index in [2.05, 4.69) is 40.9 Å². The standard InChI is InChI=1S/C16H24BrNO/c1-12-5-4-6-15(9-12)18(2)11-13-10-14(17)7-8-16(13)19-3/h7-8,10,12,15H,4-6,9,11H2,1-3H3. The maximum absolute atomic E-state index is 5.46. The first-order chi connectivity index (χ1) is 9.10. The molecule has 0 aliphatic heterocycles. The van der Waals surface area contributed by atoms with Crippen molar-refractivity contribution in [1.82, 2.24) is 4.90 Å². The van der Waals surface area contributed by atoms with Crippen LogP contribution >= 0.6 is 15.9 Å². The third-order valence-electron chi connectivity index (χ3n) is 4.19. The Kier molecular flexibility index (Phi) is 5.28. The zero-order valence-corrected chi connectivity index (χ0v) is 13.7. The zero-order valence-electron chi connectivity index (χ0n) is 12.2. The van der Waals surface area contributed by atoms with E-state index >= 15 is 0 Å². The maximum Gasteiger partial charge on any atom is 0.123 e. The van der Waals surface area contributed by atoms with Crippen LogP contribution in [-0.2, 0) is 6.54 Å². The molecule has 0 heterocycles. The summed E-state index contributed by atoms with van der Waals surface area (Å²) in [5, 5.41) is 0. The average Bonchev–Trinajstić information content (AvgIpc) is 2.39. The van der Waals surface area contributed by atoms with Crippen LogP contribution in [0.15, 0.2) is 22.7 Å². The Morgan fingerprint density at radius 1 is 1.37 bits per heavy atom. The number of benzene rings is 1. The number of nitrogens with zero attached hydrogens (tertiary/aromatic N) is 1. The minimum absolute atomic E-state index is 0.715. The summed E-state index contributed by atoms with van der Waals surface area (Å²) in [6, 6.07) is 6.95. The van der Waals surface area contributed by atoms with Crippen LogP contribution in [0.5, 0.6) is 5.75 Å². The van der Waals surface area contributed by atoms with Gasteiger partial charge in [0.2, 0.25) is 0 Å². The lowest BCUT2D eigenvalue weighted by molar-refractivity contribution is 0.156. The fraction of sp³-hybridized carbons (Fsp3) is 0.625. The largest absolute Gasteiger partial charge is 0.496 e. The Morgan fingerprint density at radius 2 is 2.16 bits per heavy atom. The van der Waals surface area contributed by atoms with Crippen LogP contribution in [-0.4, -0.2) is 25.1 Å². The summed E-state index contributed by atoms with van der Waals surface area (Å²) >= 11 is 3.55. The van der Waals surface area contributed by atoms with E-state index < -0.39 is 0 Å². The van der Waals surface area contributed by atoms with Crippen LogP contribution in [0, 0.1) is 5.92 Å². The van der Waals surface area contributed by atoms with Gasteiger partial charge in [-0.05, 0) is 44.0 Å². The second kappa shape index (κ2) is 6.76. The van der Waals surface area contributed by atoms with Gasteiger partial charge in [-0.2, -0.15) is 0 Å². The Labute approximate surface area is 125 Å². The molecule has 1 aromatic carbocycles. The molecule has 19 heavy (non-hydrogen) atoms. The summed E-state index contributed by atoms with van der Waals surface area (Å²) in [6.45, 7) is 3.33. The van der Waals surface area contributed by atoms with Gasteiger partial charge in [0.1, 0.15) is 5.75 Å². The summed E-state index contributed by atoms with van der Waals surface area (Å²) in [6.07, 6.45) is 5.42. The number of hydrogen-bond acceptors (Lipinski definition) is 2. The summed E-state index contributed by atoms with van der Waals surface area (Å²) < 4.78 is 6.58. The molecule has 2 rings (SSSR count). The highest BCUT2D eigenvalue weighted by Crippen LogP contribution is 2.29. The molecule has 0 aromatic heterocycles. The quantitative estimate of drug-likeness (QED) is 0.809. The highest BCUT2D eigenvalue weighted by atomic mass is 79.9. The fourth-order valence-corrected chi connectivity index (χ4v) is 3.48. The smallest absolute Gasteiger partial charge is 0.123 e. The van der Waals surface area contributed by atoms with Crippen molar-refractivity contribution < 1.29 is 4.74 Å². The molecule has 0 radical (unpaired) electrons. The van der Waals surface area contributed by atoms with Crippen LogP contribution in [0.4, 0.5) is 0 Å². The van der Waals surface area contributed by atoms with E-state index in [-0.39, 0.29) is 0 Å². The Morgan fingerprint density at radius 3 is 2.84 bits per heavy atom. The first-order valence-corrected chi connectivity index (χ1v) is 7.92. The van der Waals surface area contributed by atoms with Crippen molar-refractivity contribution in [3.05, 3.63) is 28.2 Å². The highest BCUT2D eigenvalue weighted by molar-refractivity contribution is 9.10. The lowest BCUT2D eigenvalue weighted by atomic mass is 9.86. The first kappa shape index (κ1) is 14.9. The van der Waals surface area contributed by atoms with Gasteiger partial charge in [-0.3, -0.25) is 4.90 Å². The van der Waals surface area contributed by atoms with Gasteiger partial charge in [-0.1, -0.05) is 35.7 Å². The summed E-state index contributed by atoms with van der Waals surface area (Å²) in [4.78, 5) is 2.49. The van der Waals surface area contributed by atoms with Crippen molar-refractivity contribution in [2.45, 2.75) is 45.2 Å². The van der Waals surface area contributed by atoms with Crippen molar-refractivity contribution in [3.8, 4) is 5.75 Å². The number of rotatable bonds is 4. The molecule has 0 amide bonds. The van der Waals surface area contributed by atoms with E-state index in [1.165, 1.54) is 31.2 Å². The number of halogens is 1. The zero-order chi connectivity index (χ0) is 13.8. The minimum Gasteiger partial charge on any atom is -0.496 e. The molecule has 106 valence electrons. The van der Waals surface area contributed by atoms with Gasteiger partial charge in [0.15, 0.2) is 0 Å². The predicted octanol–water partition coefficient (Wildman–Crippen LogP) is 4.47. The van der Waals surface area contributed by atoms with Crippen molar-refractivity contribution in [2.75, 3.05) is 14.2 Å². The Hall–Kier alpha value is -0.540. The maximum atomic E-state index is 5.46. The van der Waals surface area contributed by atoms with Crippen LogP contribution in [0.25, 0.3) is 0 Å². The van der Waals surface area contributed by atoms with Gasteiger partial charge in [0, 0.05) is 22.6 Å².